The van der Waals surface area contributed by atoms with Gasteiger partial charge in [-0.05, 0) is 84.5 Å². The van der Waals surface area contributed by atoms with Gasteiger partial charge in [0.2, 0.25) is 0 Å². The van der Waals surface area contributed by atoms with Crippen molar-refractivity contribution in [1.82, 2.24) is 9.97 Å². The van der Waals surface area contributed by atoms with Crippen LogP contribution in [0.15, 0.2) is 146 Å². The standard InChI is InChI=1S/C40H24N2/c1-2-9-34-32(7-1)33-8-3-4-10-35(33)37-24-30(17-19-36(34)37)28-13-14-29-23-31(16-15-27(29)22-28)38-20-18-26-12-11-25-6-5-21-41-39(25)40(26)42-38/h1-24H. The van der Waals surface area contributed by atoms with Crippen LogP contribution in [0.1, 0.15) is 0 Å². The predicted molar refractivity (Wildman–Crippen MR) is 178 cm³/mol. The lowest BCUT2D eigenvalue weighted by molar-refractivity contribution is 1.37. The first-order valence-corrected chi connectivity index (χ1v) is 14.3. The van der Waals surface area contributed by atoms with Gasteiger partial charge in [-0.2, -0.15) is 0 Å². The van der Waals surface area contributed by atoms with E-state index in [9.17, 15) is 0 Å². The van der Waals surface area contributed by atoms with Gasteiger partial charge in [0.05, 0.1) is 16.7 Å². The van der Waals surface area contributed by atoms with Crippen LogP contribution < -0.4 is 0 Å². The maximum absolute atomic E-state index is 5.06. The van der Waals surface area contributed by atoms with Crippen LogP contribution in [0.4, 0.5) is 0 Å². The zero-order chi connectivity index (χ0) is 27.6. The van der Waals surface area contributed by atoms with Crippen LogP contribution in [0.3, 0.4) is 0 Å². The molecule has 0 saturated carbocycles. The quantitative estimate of drug-likeness (QED) is 0.207. The zero-order valence-electron chi connectivity index (χ0n) is 22.8. The van der Waals surface area contributed by atoms with E-state index in [2.05, 4.69) is 138 Å². The maximum atomic E-state index is 5.06. The highest BCUT2D eigenvalue weighted by molar-refractivity contribution is 6.25. The van der Waals surface area contributed by atoms with Gasteiger partial charge in [0.1, 0.15) is 0 Å². The molecule has 0 fully saturated rings. The zero-order valence-corrected chi connectivity index (χ0v) is 22.8. The van der Waals surface area contributed by atoms with E-state index in [0.29, 0.717) is 0 Å². The lowest BCUT2D eigenvalue weighted by Gasteiger charge is -2.12. The van der Waals surface area contributed by atoms with Crippen molar-refractivity contribution >= 4 is 64.9 Å². The molecular weight excluding hydrogens is 508 g/mol. The van der Waals surface area contributed by atoms with E-state index in [1.165, 1.54) is 54.2 Å². The van der Waals surface area contributed by atoms with E-state index >= 15 is 0 Å². The largest absolute Gasteiger partial charge is 0.254 e. The average Bonchev–Trinajstić information content (AvgIpc) is 3.07. The molecule has 0 N–H and O–H groups in total. The van der Waals surface area contributed by atoms with Crippen LogP contribution in [0, 0.1) is 0 Å². The van der Waals surface area contributed by atoms with E-state index in [1.54, 1.807) is 0 Å². The summed E-state index contributed by atoms with van der Waals surface area (Å²) in [4.78, 5) is 9.68. The fourth-order valence-electron chi connectivity index (χ4n) is 6.56. The van der Waals surface area contributed by atoms with Gasteiger partial charge < -0.3 is 0 Å². The normalized spacial score (nSPS) is 11.8. The number of benzene rings is 7. The van der Waals surface area contributed by atoms with Gasteiger partial charge in [0.25, 0.3) is 0 Å². The maximum Gasteiger partial charge on any atom is 0.0972 e. The number of aromatic nitrogens is 2. The Bertz CT molecular complexity index is 2490. The second kappa shape index (κ2) is 8.95. The first-order valence-electron chi connectivity index (χ1n) is 14.3. The molecule has 0 atom stereocenters. The number of pyridine rings is 2. The van der Waals surface area contributed by atoms with Gasteiger partial charge in [-0.25, -0.2) is 4.98 Å². The summed E-state index contributed by atoms with van der Waals surface area (Å²) in [7, 11) is 0. The first kappa shape index (κ1) is 23.1. The van der Waals surface area contributed by atoms with Crippen LogP contribution in [0.2, 0.25) is 0 Å². The Morgan fingerprint density at radius 2 is 0.857 bits per heavy atom. The summed E-state index contributed by atoms with van der Waals surface area (Å²) in [6, 6.07) is 50.3. The summed E-state index contributed by atoms with van der Waals surface area (Å²) in [5.41, 5.74) is 6.39. The summed E-state index contributed by atoms with van der Waals surface area (Å²) in [5.74, 6) is 0. The van der Waals surface area contributed by atoms with Crippen LogP contribution >= 0.6 is 0 Å². The highest BCUT2D eigenvalue weighted by atomic mass is 14.7. The molecule has 42 heavy (non-hydrogen) atoms. The lowest BCUT2D eigenvalue weighted by Crippen LogP contribution is -1.89. The topological polar surface area (TPSA) is 25.8 Å². The number of hydrogen-bond acceptors (Lipinski definition) is 2. The third-order valence-electron chi connectivity index (χ3n) is 8.65. The molecule has 0 bridgehead atoms. The van der Waals surface area contributed by atoms with Crippen molar-refractivity contribution in [3.8, 4) is 22.4 Å². The molecule has 7 aromatic carbocycles. The monoisotopic (exact) mass is 532 g/mol. The second-order valence-electron chi connectivity index (χ2n) is 11.0. The average molecular weight is 533 g/mol. The van der Waals surface area contributed by atoms with Gasteiger partial charge in [0, 0.05) is 22.5 Å². The molecule has 0 unspecified atom stereocenters. The number of hydrogen-bond donors (Lipinski definition) is 0. The molecule has 2 heterocycles. The molecule has 2 nitrogen and oxygen atoms in total. The van der Waals surface area contributed by atoms with Crippen LogP contribution in [0.5, 0.6) is 0 Å². The van der Waals surface area contributed by atoms with Crippen molar-refractivity contribution in [2.75, 3.05) is 0 Å². The summed E-state index contributed by atoms with van der Waals surface area (Å²) in [5, 5.41) is 12.4. The molecule has 9 rings (SSSR count). The molecule has 0 spiro atoms. The van der Waals surface area contributed by atoms with Crippen molar-refractivity contribution in [1.29, 1.82) is 0 Å². The van der Waals surface area contributed by atoms with Gasteiger partial charge in [0.15, 0.2) is 0 Å². The first-order chi connectivity index (χ1) is 20.8. The molecule has 2 aromatic heterocycles. The van der Waals surface area contributed by atoms with E-state index in [4.69, 9.17) is 4.98 Å². The van der Waals surface area contributed by atoms with Crippen LogP contribution in [-0.4, -0.2) is 9.97 Å². The smallest absolute Gasteiger partial charge is 0.0972 e. The summed E-state index contributed by atoms with van der Waals surface area (Å²) < 4.78 is 0. The summed E-state index contributed by atoms with van der Waals surface area (Å²) in [6.45, 7) is 0. The van der Waals surface area contributed by atoms with E-state index in [-0.39, 0.29) is 0 Å². The minimum absolute atomic E-state index is 0.942. The number of fused-ring (bicyclic) bond motifs is 10. The molecular formula is C40H24N2. The number of rotatable bonds is 2. The molecule has 0 aliphatic heterocycles. The molecule has 2 heteroatoms. The Labute approximate surface area is 242 Å². The van der Waals surface area contributed by atoms with Gasteiger partial charge >= 0.3 is 0 Å². The van der Waals surface area contributed by atoms with Crippen LogP contribution in [-0.2, 0) is 0 Å². The molecule has 0 aliphatic carbocycles. The molecule has 0 radical (unpaired) electrons. The van der Waals surface area contributed by atoms with E-state index < -0.39 is 0 Å². The fraction of sp³-hybridized carbons (Fsp3) is 0. The molecule has 0 aliphatic rings. The minimum atomic E-state index is 0.942. The SMILES string of the molecule is c1cnc2c(c1)ccc1ccc(-c3ccc4cc(-c5ccc6c7ccccc7c7ccccc7c6c5)ccc4c3)nc12. The number of nitrogens with zero attached hydrogens (tertiary/aromatic N) is 2. The third kappa shape index (κ3) is 3.52. The van der Waals surface area contributed by atoms with Crippen molar-refractivity contribution in [2.45, 2.75) is 0 Å². The van der Waals surface area contributed by atoms with Gasteiger partial charge in [-0.3, -0.25) is 4.98 Å². The molecule has 0 amide bonds. The summed E-state index contributed by atoms with van der Waals surface area (Å²) >= 11 is 0. The second-order valence-corrected chi connectivity index (χ2v) is 11.0. The van der Waals surface area contributed by atoms with E-state index in [1.807, 2.05) is 12.3 Å². The van der Waals surface area contributed by atoms with E-state index in [0.717, 1.165) is 33.1 Å². The fourth-order valence-corrected chi connectivity index (χ4v) is 6.56. The van der Waals surface area contributed by atoms with Gasteiger partial charge in [-0.1, -0.05) is 109 Å². The Hall–Kier alpha value is -5.60. The van der Waals surface area contributed by atoms with Crippen molar-refractivity contribution in [3.05, 3.63) is 146 Å². The molecule has 9 aromatic rings. The third-order valence-corrected chi connectivity index (χ3v) is 8.65. The highest BCUT2D eigenvalue weighted by Crippen LogP contribution is 2.38. The van der Waals surface area contributed by atoms with Gasteiger partial charge in [-0.15, -0.1) is 0 Å². The Kier molecular flexibility index (Phi) is 4.93. The van der Waals surface area contributed by atoms with Crippen molar-refractivity contribution < 1.29 is 0 Å². The minimum Gasteiger partial charge on any atom is -0.254 e. The van der Waals surface area contributed by atoms with Crippen molar-refractivity contribution in [2.24, 2.45) is 0 Å². The Balaban J connectivity index is 1.16. The predicted octanol–water partition coefficient (Wildman–Crippen LogP) is 10.7. The summed E-state index contributed by atoms with van der Waals surface area (Å²) in [6.07, 6.45) is 1.84. The molecule has 194 valence electrons. The lowest BCUT2D eigenvalue weighted by atomic mass is 9.91. The van der Waals surface area contributed by atoms with Crippen molar-refractivity contribution in [3.63, 3.8) is 0 Å². The molecule has 0 saturated heterocycles. The van der Waals surface area contributed by atoms with Crippen LogP contribution in [0.25, 0.3) is 87.3 Å². The Morgan fingerprint density at radius 3 is 1.60 bits per heavy atom. The Morgan fingerprint density at radius 1 is 0.333 bits per heavy atom. The highest BCUT2D eigenvalue weighted by Gasteiger charge is 2.11.